The first kappa shape index (κ1) is 14.6. The molecule has 1 rings (SSSR count). The van der Waals surface area contributed by atoms with E-state index in [4.69, 9.17) is 0 Å². The van der Waals surface area contributed by atoms with Crippen molar-refractivity contribution in [2.75, 3.05) is 29.2 Å². The fraction of sp³-hybridized carbons (Fsp3) is 0.545. The molecule has 0 radical (unpaired) electrons. The van der Waals surface area contributed by atoms with Gasteiger partial charge in [-0.05, 0) is 26.2 Å². The van der Waals surface area contributed by atoms with Crippen molar-refractivity contribution in [3.8, 4) is 0 Å². The molecule has 100 valence electrons. The first-order chi connectivity index (χ1) is 8.58. The zero-order valence-electron chi connectivity index (χ0n) is 10.8. The van der Waals surface area contributed by atoms with Crippen LogP contribution in [-0.2, 0) is 0 Å². The quantitative estimate of drug-likeness (QED) is 0.585. The van der Waals surface area contributed by atoms with Gasteiger partial charge in [0, 0.05) is 24.4 Å². The Hall–Kier alpha value is -1.50. The number of hydrogen-bond acceptors (Lipinski definition) is 6. The maximum atomic E-state index is 10.9. The van der Waals surface area contributed by atoms with Crippen LogP contribution in [0.3, 0.4) is 0 Å². The van der Waals surface area contributed by atoms with Crippen LogP contribution in [0, 0.1) is 10.1 Å². The number of rotatable bonds is 7. The first-order valence-corrected chi connectivity index (χ1v) is 7.12. The standard InChI is InChI=1S/C11H18N4O2S/c1-4-12-10-6-5-9(15(16)17)11(14-10)13-8(2)7-18-3/h5-6,8H,4,7H2,1-3H3,(H2,12,13,14). The summed E-state index contributed by atoms with van der Waals surface area (Å²) < 4.78 is 0. The molecule has 1 heterocycles. The summed E-state index contributed by atoms with van der Waals surface area (Å²) in [7, 11) is 0. The number of hydrogen-bond donors (Lipinski definition) is 2. The number of anilines is 2. The number of nitro groups is 1. The molecule has 0 aliphatic rings. The van der Waals surface area contributed by atoms with E-state index in [1.165, 1.54) is 6.07 Å². The summed E-state index contributed by atoms with van der Waals surface area (Å²) in [6.07, 6.45) is 2.00. The smallest absolute Gasteiger partial charge is 0.311 e. The van der Waals surface area contributed by atoms with Gasteiger partial charge in [0.1, 0.15) is 5.82 Å². The van der Waals surface area contributed by atoms with Crippen molar-refractivity contribution in [2.24, 2.45) is 0 Å². The van der Waals surface area contributed by atoms with Crippen molar-refractivity contribution in [3.05, 3.63) is 22.2 Å². The van der Waals surface area contributed by atoms with E-state index in [0.717, 1.165) is 12.3 Å². The Kier molecular flexibility index (Phi) is 5.70. The Balaban J connectivity index is 2.95. The van der Waals surface area contributed by atoms with Gasteiger partial charge in [-0.15, -0.1) is 0 Å². The second-order valence-electron chi connectivity index (χ2n) is 3.85. The van der Waals surface area contributed by atoms with Crippen LogP contribution >= 0.6 is 11.8 Å². The predicted molar refractivity (Wildman–Crippen MR) is 76.5 cm³/mol. The Morgan fingerprint density at radius 3 is 2.83 bits per heavy atom. The molecule has 0 amide bonds. The highest BCUT2D eigenvalue weighted by Gasteiger charge is 2.17. The number of nitrogens with one attached hydrogen (secondary N) is 2. The largest absolute Gasteiger partial charge is 0.370 e. The van der Waals surface area contributed by atoms with Crippen molar-refractivity contribution in [2.45, 2.75) is 19.9 Å². The van der Waals surface area contributed by atoms with Crippen molar-refractivity contribution >= 4 is 29.1 Å². The van der Waals surface area contributed by atoms with Crippen LogP contribution in [0.5, 0.6) is 0 Å². The number of thioether (sulfide) groups is 1. The molecule has 0 bridgehead atoms. The SMILES string of the molecule is CCNc1ccc([N+](=O)[O-])c(NC(C)CSC)n1. The lowest BCUT2D eigenvalue weighted by atomic mass is 10.3. The van der Waals surface area contributed by atoms with Crippen LogP contribution in [0.4, 0.5) is 17.3 Å². The second-order valence-corrected chi connectivity index (χ2v) is 4.76. The maximum Gasteiger partial charge on any atom is 0.311 e. The van der Waals surface area contributed by atoms with E-state index in [-0.39, 0.29) is 11.7 Å². The highest BCUT2D eigenvalue weighted by atomic mass is 32.2. The predicted octanol–water partition coefficient (Wildman–Crippen LogP) is 2.59. The van der Waals surface area contributed by atoms with Crippen molar-refractivity contribution in [3.63, 3.8) is 0 Å². The third-order valence-corrected chi connectivity index (χ3v) is 3.06. The van der Waals surface area contributed by atoms with Gasteiger partial charge in [0.05, 0.1) is 4.92 Å². The number of aromatic nitrogens is 1. The molecule has 2 N–H and O–H groups in total. The summed E-state index contributed by atoms with van der Waals surface area (Å²) in [5, 5.41) is 17.0. The molecule has 0 saturated carbocycles. The molecule has 1 unspecified atom stereocenters. The maximum absolute atomic E-state index is 10.9. The normalized spacial score (nSPS) is 11.9. The van der Waals surface area contributed by atoms with Gasteiger partial charge in [-0.1, -0.05) is 0 Å². The summed E-state index contributed by atoms with van der Waals surface area (Å²) in [4.78, 5) is 14.7. The third kappa shape index (κ3) is 4.06. The zero-order valence-corrected chi connectivity index (χ0v) is 11.6. The molecule has 0 fully saturated rings. The lowest BCUT2D eigenvalue weighted by Crippen LogP contribution is -2.19. The van der Waals surface area contributed by atoms with Crippen molar-refractivity contribution in [1.82, 2.24) is 4.98 Å². The highest BCUT2D eigenvalue weighted by molar-refractivity contribution is 7.98. The van der Waals surface area contributed by atoms with E-state index >= 15 is 0 Å². The second kappa shape index (κ2) is 7.05. The fourth-order valence-corrected chi connectivity index (χ4v) is 2.09. The van der Waals surface area contributed by atoms with Gasteiger partial charge in [0.2, 0.25) is 5.82 Å². The zero-order chi connectivity index (χ0) is 13.5. The molecular weight excluding hydrogens is 252 g/mol. The van der Waals surface area contributed by atoms with Gasteiger partial charge < -0.3 is 10.6 Å². The van der Waals surface area contributed by atoms with Crippen LogP contribution in [-0.4, -0.2) is 34.5 Å². The number of pyridine rings is 1. The lowest BCUT2D eigenvalue weighted by molar-refractivity contribution is -0.384. The summed E-state index contributed by atoms with van der Waals surface area (Å²) >= 11 is 1.68. The van der Waals surface area contributed by atoms with E-state index in [9.17, 15) is 10.1 Å². The molecule has 6 nitrogen and oxygen atoms in total. The van der Waals surface area contributed by atoms with Gasteiger partial charge in [0.15, 0.2) is 0 Å². The first-order valence-electron chi connectivity index (χ1n) is 5.73. The molecule has 0 aliphatic heterocycles. The van der Waals surface area contributed by atoms with E-state index in [1.807, 2.05) is 20.1 Å². The minimum absolute atomic E-state index is 0.00426. The molecular formula is C11H18N4O2S. The Morgan fingerprint density at radius 1 is 1.56 bits per heavy atom. The molecule has 0 saturated heterocycles. The Labute approximate surface area is 111 Å². The molecule has 1 atom stereocenters. The third-order valence-electron chi connectivity index (χ3n) is 2.23. The van der Waals surface area contributed by atoms with E-state index in [0.29, 0.717) is 11.6 Å². The fourth-order valence-electron chi connectivity index (χ4n) is 1.51. The topological polar surface area (TPSA) is 80.1 Å². The highest BCUT2D eigenvalue weighted by Crippen LogP contribution is 2.24. The van der Waals surface area contributed by atoms with Crippen LogP contribution in [0.1, 0.15) is 13.8 Å². The molecule has 0 aromatic carbocycles. The van der Waals surface area contributed by atoms with Crippen molar-refractivity contribution < 1.29 is 4.92 Å². The average molecular weight is 270 g/mol. The Bertz CT molecular complexity index is 414. The van der Waals surface area contributed by atoms with Crippen LogP contribution in [0.25, 0.3) is 0 Å². The minimum Gasteiger partial charge on any atom is -0.370 e. The summed E-state index contributed by atoms with van der Waals surface area (Å²) in [6.45, 7) is 4.65. The number of nitrogens with zero attached hydrogens (tertiary/aromatic N) is 2. The summed E-state index contributed by atoms with van der Waals surface area (Å²) in [6, 6.07) is 3.22. The van der Waals surface area contributed by atoms with Gasteiger partial charge in [-0.25, -0.2) is 4.98 Å². The summed E-state index contributed by atoms with van der Waals surface area (Å²) in [5.41, 5.74) is 0.00426. The van der Waals surface area contributed by atoms with E-state index < -0.39 is 4.92 Å². The van der Waals surface area contributed by atoms with Crippen LogP contribution < -0.4 is 10.6 Å². The van der Waals surface area contributed by atoms with Crippen LogP contribution in [0.2, 0.25) is 0 Å². The average Bonchev–Trinajstić information content (AvgIpc) is 2.29. The molecule has 18 heavy (non-hydrogen) atoms. The van der Waals surface area contributed by atoms with Gasteiger partial charge in [0.25, 0.3) is 0 Å². The van der Waals surface area contributed by atoms with Crippen LogP contribution in [0.15, 0.2) is 12.1 Å². The Morgan fingerprint density at radius 2 is 2.28 bits per heavy atom. The van der Waals surface area contributed by atoms with Gasteiger partial charge in [-0.3, -0.25) is 10.1 Å². The minimum atomic E-state index is -0.420. The molecule has 1 aromatic heterocycles. The van der Waals surface area contributed by atoms with Gasteiger partial charge in [-0.2, -0.15) is 11.8 Å². The molecule has 0 aliphatic carbocycles. The lowest BCUT2D eigenvalue weighted by Gasteiger charge is -2.14. The molecule has 1 aromatic rings. The van der Waals surface area contributed by atoms with E-state index in [2.05, 4.69) is 15.6 Å². The monoisotopic (exact) mass is 270 g/mol. The van der Waals surface area contributed by atoms with Crippen molar-refractivity contribution in [1.29, 1.82) is 0 Å². The summed E-state index contributed by atoms with van der Waals surface area (Å²) in [5.74, 6) is 1.83. The molecule has 7 heteroatoms. The van der Waals surface area contributed by atoms with E-state index in [1.54, 1.807) is 17.8 Å². The van der Waals surface area contributed by atoms with Gasteiger partial charge >= 0.3 is 5.69 Å². The molecule has 0 spiro atoms.